The van der Waals surface area contributed by atoms with Crippen LogP contribution >= 0.6 is 0 Å². The molecule has 7 heteroatoms. The number of rotatable bonds is 3. The van der Waals surface area contributed by atoms with E-state index in [-0.39, 0.29) is 5.91 Å². The fraction of sp³-hybridized carbons (Fsp3) is 0.133. The van der Waals surface area contributed by atoms with Crippen LogP contribution in [0.1, 0.15) is 21.9 Å². The van der Waals surface area contributed by atoms with Crippen molar-refractivity contribution in [1.82, 2.24) is 24.7 Å². The van der Waals surface area contributed by atoms with Crippen LogP contribution in [-0.4, -0.2) is 30.6 Å². The van der Waals surface area contributed by atoms with E-state index >= 15 is 0 Å². The molecule has 3 heterocycles. The second-order valence-electron chi connectivity index (χ2n) is 4.78. The van der Waals surface area contributed by atoms with Crippen LogP contribution in [0.3, 0.4) is 0 Å². The van der Waals surface area contributed by atoms with E-state index in [0.717, 1.165) is 11.4 Å². The van der Waals surface area contributed by atoms with Crippen molar-refractivity contribution in [2.24, 2.45) is 0 Å². The molecular formula is C15H14N6O. The number of hydrogen-bond donors (Lipinski definition) is 1. The Labute approximate surface area is 127 Å². The largest absolute Gasteiger partial charge is 0.318 e. The number of aryl methyl sites for hydroxylation is 2. The van der Waals surface area contributed by atoms with Gasteiger partial charge in [0.25, 0.3) is 11.9 Å². The monoisotopic (exact) mass is 294 g/mol. The van der Waals surface area contributed by atoms with Crippen LogP contribution in [0.15, 0.2) is 42.9 Å². The van der Waals surface area contributed by atoms with Gasteiger partial charge in [0.15, 0.2) is 0 Å². The molecule has 7 nitrogen and oxygen atoms in total. The molecule has 0 atom stereocenters. The van der Waals surface area contributed by atoms with Crippen molar-refractivity contribution < 1.29 is 4.79 Å². The van der Waals surface area contributed by atoms with Crippen molar-refractivity contribution in [3.8, 4) is 5.95 Å². The average Bonchev–Trinajstić information content (AvgIpc) is 2.87. The van der Waals surface area contributed by atoms with Crippen LogP contribution in [0.4, 0.5) is 5.69 Å². The van der Waals surface area contributed by atoms with E-state index in [1.54, 1.807) is 41.5 Å². The molecule has 1 N–H and O–H groups in total. The van der Waals surface area contributed by atoms with Gasteiger partial charge in [-0.2, -0.15) is 5.10 Å². The maximum absolute atomic E-state index is 12.0. The molecular weight excluding hydrogens is 280 g/mol. The highest BCUT2D eigenvalue weighted by atomic mass is 16.1. The number of nitrogens with one attached hydrogen (secondary N) is 1. The number of aromatic nitrogens is 5. The van der Waals surface area contributed by atoms with Gasteiger partial charge in [-0.25, -0.2) is 14.6 Å². The topological polar surface area (TPSA) is 85.6 Å². The fourth-order valence-corrected chi connectivity index (χ4v) is 2.02. The van der Waals surface area contributed by atoms with Crippen molar-refractivity contribution >= 4 is 11.6 Å². The standard InChI is InChI=1S/C15H14N6O/c1-10-7-11(2)21(20-10)15-17-8-12(9-18-15)19-14(22)13-5-3-4-6-16-13/h3-9H,1-2H3,(H,19,22). The van der Waals surface area contributed by atoms with E-state index in [1.807, 2.05) is 19.9 Å². The van der Waals surface area contributed by atoms with E-state index < -0.39 is 0 Å². The lowest BCUT2D eigenvalue weighted by atomic mass is 10.3. The number of pyridine rings is 1. The van der Waals surface area contributed by atoms with Crippen molar-refractivity contribution in [3.05, 3.63) is 59.9 Å². The van der Waals surface area contributed by atoms with E-state index in [2.05, 4.69) is 25.4 Å². The van der Waals surface area contributed by atoms with E-state index in [9.17, 15) is 4.79 Å². The molecule has 0 radical (unpaired) electrons. The Hall–Kier alpha value is -3.09. The Morgan fingerprint density at radius 1 is 1.14 bits per heavy atom. The number of carbonyl (C=O) groups is 1. The molecule has 0 bridgehead atoms. The van der Waals surface area contributed by atoms with Crippen molar-refractivity contribution in [1.29, 1.82) is 0 Å². The van der Waals surface area contributed by atoms with Crippen molar-refractivity contribution in [3.63, 3.8) is 0 Å². The van der Waals surface area contributed by atoms with Gasteiger partial charge in [-0.3, -0.25) is 9.78 Å². The summed E-state index contributed by atoms with van der Waals surface area (Å²) in [6.45, 7) is 3.84. The first-order valence-corrected chi connectivity index (χ1v) is 6.71. The van der Waals surface area contributed by atoms with E-state index in [4.69, 9.17) is 0 Å². The highest BCUT2D eigenvalue weighted by Crippen LogP contribution is 2.10. The molecule has 0 aliphatic rings. The molecule has 3 aromatic heterocycles. The van der Waals surface area contributed by atoms with Crippen LogP contribution < -0.4 is 5.32 Å². The molecule has 0 aliphatic carbocycles. The minimum atomic E-state index is -0.303. The first kappa shape index (κ1) is 13.9. The van der Waals surface area contributed by atoms with Crippen LogP contribution in [0.2, 0.25) is 0 Å². The summed E-state index contributed by atoms with van der Waals surface area (Å²) in [4.78, 5) is 24.4. The van der Waals surface area contributed by atoms with Gasteiger partial charge in [0, 0.05) is 11.9 Å². The number of carbonyl (C=O) groups excluding carboxylic acids is 1. The predicted octanol–water partition coefficient (Wildman–Crippen LogP) is 1.93. The summed E-state index contributed by atoms with van der Waals surface area (Å²) in [6.07, 6.45) is 4.65. The Morgan fingerprint density at radius 2 is 1.91 bits per heavy atom. The predicted molar refractivity (Wildman–Crippen MR) is 80.8 cm³/mol. The summed E-state index contributed by atoms with van der Waals surface area (Å²) < 4.78 is 1.65. The fourth-order valence-electron chi connectivity index (χ4n) is 2.02. The SMILES string of the molecule is Cc1cc(C)n(-c2ncc(NC(=O)c3ccccn3)cn2)n1. The highest BCUT2D eigenvalue weighted by molar-refractivity contribution is 6.02. The second kappa shape index (κ2) is 5.72. The molecule has 3 rings (SSSR count). The zero-order valence-corrected chi connectivity index (χ0v) is 12.2. The van der Waals surface area contributed by atoms with Crippen molar-refractivity contribution in [2.45, 2.75) is 13.8 Å². The zero-order valence-electron chi connectivity index (χ0n) is 12.2. The Kier molecular flexibility index (Phi) is 3.61. The second-order valence-corrected chi connectivity index (χ2v) is 4.78. The zero-order chi connectivity index (χ0) is 15.5. The summed E-state index contributed by atoms with van der Waals surface area (Å²) in [5, 5.41) is 7.01. The van der Waals surface area contributed by atoms with Crippen LogP contribution in [0.5, 0.6) is 0 Å². The smallest absolute Gasteiger partial charge is 0.274 e. The molecule has 22 heavy (non-hydrogen) atoms. The number of hydrogen-bond acceptors (Lipinski definition) is 5. The lowest BCUT2D eigenvalue weighted by molar-refractivity contribution is 0.102. The van der Waals surface area contributed by atoms with Gasteiger partial charge < -0.3 is 5.32 Å². The Balaban J connectivity index is 1.77. The lowest BCUT2D eigenvalue weighted by Crippen LogP contribution is -2.14. The number of amides is 1. The molecule has 0 fully saturated rings. The van der Waals surface area contributed by atoms with Gasteiger partial charge in [0.05, 0.1) is 23.8 Å². The summed E-state index contributed by atoms with van der Waals surface area (Å²) in [7, 11) is 0. The summed E-state index contributed by atoms with van der Waals surface area (Å²) in [6, 6.07) is 7.09. The van der Waals surface area contributed by atoms with Gasteiger partial charge in [0.2, 0.25) is 0 Å². The third kappa shape index (κ3) is 2.83. The quantitative estimate of drug-likeness (QED) is 0.797. The first-order valence-electron chi connectivity index (χ1n) is 6.71. The molecule has 0 unspecified atom stereocenters. The molecule has 3 aromatic rings. The van der Waals surface area contributed by atoms with Gasteiger partial charge >= 0.3 is 0 Å². The van der Waals surface area contributed by atoms with Crippen LogP contribution in [0, 0.1) is 13.8 Å². The Bertz CT molecular complexity index is 795. The minimum absolute atomic E-state index is 0.303. The van der Waals surface area contributed by atoms with Gasteiger partial charge in [-0.1, -0.05) is 6.07 Å². The molecule has 0 spiro atoms. The first-order chi connectivity index (χ1) is 10.6. The molecule has 0 saturated carbocycles. The van der Waals surface area contributed by atoms with E-state index in [1.165, 1.54) is 0 Å². The van der Waals surface area contributed by atoms with Gasteiger partial charge in [-0.15, -0.1) is 0 Å². The average molecular weight is 294 g/mol. The minimum Gasteiger partial charge on any atom is -0.318 e. The Morgan fingerprint density at radius 3 is 2.50 bits per heavy atom. The molecule has 0 saturated heterocycles. The molecule has 0 aromatic carbocycles. The maximum Gasteiger partial charge on any atom is 0.274 e. The van der Waals surface area contributed by atoms with Gasteiger partial charge in [-0.05, 0) is 32.0 Å². The van der Waals surface area contributed by atoms with Gasteiger partial charge in [0.1, 0.15) is 5.69 Å². The maximum atomic E-state index is 12.0. The van der Waals surface area contributed by atoms with Crippen LogP contribution in [0.25, 0.3) is 5.95 Å². The van der Waals surface area contributed by atoms with E-state index in [0.29, 0.717) is 17.3 Å². The van der Waals surface area contributed by atoms with Crippen LogP contribution in [-0.2, 0) is 0 Å². The summed E-state index contributed by atoms with van der Waals surface area (Å²) in [5.41, 5.74) is 2.68. The third-order valence-corrected chi connectivity index (χ3v) is 2.99. The molecule has 1 amide bonds. The summed E-state index contributed by atoms with van der Waals surface area (Å²) in [5.74, 6) is 0.157. The molecule has 110 valence electrons. The normalized spacial score (nSPS) is 10.5. The molecule has 0 aliphatic heterocycles. The highest BCUT2D eigenvalue weighted by Gasteiger charge is 2.09. The number of anilines is 1. The van der Waals surface area contributed by atoms with Crippen molar-refractivity contribution in [2.75, 3.05) is 5.32 Å². The summed E-state index contributed by atoms with van der Waals surface area (Å²) >= 11 is 0. The number of nitrogens with zero attached hydrogens (tertiary/aromatic N) is 5. The third-order valence-electron chi connectivity index (χ3n) is 2.99. The lowest BCUT2D eigenvalue weighted by Gasteiger charge is -2.05.